The lowest BCUT2D eigenvalue weighted by Crippen LogP contribution is -2.54. The van der Waals surface area contributed by atoms with Crippen LogP contribution in [0, 0.1) is 5.41 Å². The molecule has 3 rings (SSSR count). The van der Waals surface area contributed by atoms with Gasteiger partial charge in [0.05, 0.1) is 13.2 Å². The van der Waals surface area contributed by atoms with Crippen LogP contribution < -0.4 is 4.90 Å². The summed E-state index contributed by atoms with van der Waals surface area (Å²) in [5.74, 6) is 0. The fraction of sp³-hybridized carbons (Fsp3) is 0.842. The predicted molar refractivity (Wildman–Crippen MR) is 107 cm³/mol. The van der Waals surface area contributed by atoms with Crippen LogP contribution in [0.25, 0.3) is 0 Å². The number of aromatic nitrogens is 1. The SMILES string of the molecule is CC(C)(C)CN1CCN(Cc2cnc(N3CCOCC3)s2)C[C@@H]1CCO. The quantitative estimate of drug-likeness (QED) is 0.811. The minimum absolute atomic E-state index is 0.265. The van der Waals surface area contributed by atoms with E-state index in [4.69, 9.17) is 4.74 Å². The van der Waals surface area contributed by atoms with Gasteiger partial charge >= 0.3 is 0 Å². The van der Waals surface area contributed by atoms with Crippen molar-refractivity contribution in [2.75, 3.05) is 64.0 Å². The monoisotopic (exact) mass is 382 g/mol. The lowest BCUT2D eigenvalue weighted by atomic mass is 9.94. The van der Waals surface area contributed by atoms with E-state index in [0.29, 0.717) is 11.5 Å². The first-order valence-corrected chi connectivity index (χ1v) is 10.6. The molecule has 7 heteroatoms. The molecule has 0 spiro atoms. The average Bonchev–Trinajstić information content (AvgIpc) is 3.06. The van der Waals surface area contributed by atoms with Gasteiger partial charge in [-0.15, -0.1) is 11.3 Å². The number of nitrogens with zero attached hydrogens (tertiary/aromatic N) is 4. The summed E-state index contributed by atoms with van der Waals surface area (Å²) >= 11 is 1.81. The molecule has 0 aromatic carbocycles. The molecule has 0 saturated carbocycles. The van der Waals surface area contributed by atoms with Gasteiger partial charge in [0.25, 0.3) is 0 Å². The molecule has 6 nitrogen and oxygen atoms in total. The third-order valence-corrected chi connectivity index (χ3v) is 6.07. The van der Waals surface area contributed by atoms with Crippen LogP contribution in [-0.2, 0) is 11.3 Å². The number of rotatable bonds is 6. The highest BCUT2D eigenvalue weighted by Crippen LogP contribution is 2.26. The first kappa shape index (κ1) is 20.0. The highest BCUT2D eigenvalue weighted by molar-refractivity contribution is 7.15. The van der Waals surface area contributed by atoms with Crippen molar-refractivity contribution < 1.29 is 9.84 Å². The standard InChI is InChI=1S/C19H34N4O2S/c1-19(2,3)15-23-6-5-21(13-16(23)4-9-24)14-17-12-20-18(26-17)22-7-10-25-11-8-22/h12,16,24H,4-11,13-15H2,1-3H3/t16-/m0/s1. The van der Waals surface area contributed by atoms with E-state index in [1.54, 1.807) is 0 Å². The van der Waals surface area contributed by atoms with Crippen molar-refractivity contribution in [2.45, 2.75) is 39.8 Å². The summed E-state index contributed by atoms with van der Waals surface area (Å²) in [5, 5.41) is 10.6. The van der Waals surface area contributed by atoms with Gasteiger partial charge in [-0.3, -0.25) is 9.80 Å². The maximum Gasteiger partial charge on any atom is 0.185 e. The van der Waals surface area contributed by atoms with Gasteiger partial charge in [0.2, 0.25) is 0 Å². The molecule has 3 heterocycles. The van der Waals surface area contributed by atoms with E-state index in [0.717, 1.165) is 70.6 Å². The van der Waals surface area contributed by atoms with E-state index in [1.165, 1.54) is 4.88 Å². The van der Waals surface area contributed by atoms with E-state index in [9.17, 15) is 5.11 Å². The number of hydrogen-bond acceptors (Lipinski definition) is 7. The van der Waals surface area contributed by atoms with E-state index in [1.807, 2.05) is 17.5 Å². The van der Waals surface area contributed by atoms with E-state index in [-0.39, 0.29) is 6.61 Å². The Kier molecular flexibility index (Phi) is 6.91. The van der Waals surface area contributed by atoms with E-state index < -0.39 is 0 Å². The van der Waals surface area contributed by atoms with Crippen molar-refractivity contribution in [1.82, 2.24) is 14.8 Å². The Labute approximate surface area is 161 Å². The minimum Gasteiger partial charge on any atom is -0.396 e. The van der Waals surface area contributed by atoms with Crippen molar-refractivity contribution in [3.05, 3.63) is 11.1 Å². The predicted octanol–water partition coefficient (Wildman–Crippen LogP) is 1.89. The van der Waals surface area contributed by atoms with Gasteiger partial charge in [0.1, 0.15) is 0 Å². The number of thiazole rings is 1. The molecular weight excluding hydrogens is 348 g/mol. The maximum atomic E-state index is 9.49. The largest absolute Gasteiger partial charge is 0.396 e. The summed E-state index contributed by atoms with van der Waals surface area (Å²) in [6.07, 6.45) is 2.90. The summed E-state index contributed by atoms with van der Waals surface area (Å²) in [6.45, 7) is 15.9. The lowest BCUT2D eigenvalue weighted by molar-refractivity contribution is 0.0343. The highest BCUT2D eigenvalue weighted by atomic mass is 32.1. The Hall–Kier alpha value is -0.730. The van der Waals surface area contributed by atoms with Gasteiger partial charge in [-0.2, -0.15) is 0 Å². The third kappa shape index (κ3) is 5.63. The molecule has 1 aromatic heterocycles. The minimum atomic E-state index is 0.265. The molecule has 26 heavy (non-hydrogen) atoms. The number of morpholine rings is 1. The van der Waals surface area contributed by atoms with Crippen molar-refractivity contribution in [1.29, 1.82) is 0 Å². The average molecular weight is 383 g/mol. The molecule has 0 unspecified atom stereocenters. The molecule has 0 amide bonds. The van der Waals surface area contributed by atoms with Crippen LogP contribution in [0.2, 0.25) is 0 Å². The second kappa shape index (κ2) is 8.97. The zero-order chi connectivity index (χ0) is 18.6. The Balaban J connectivity index is 1.56. The number of aliphatic hydroxyl groups excluding tert-OH is 1. The highest BCUT2D eigenvalue weighted by Gasteiger charge is 2.29. The Morgan fingerprint density at radius 1 is 1.23 bits per heavy atom. The van der Waals surface area contributed by atoms with E-state index in [2.05, 4.69) is 40.5 Å². The van der Waals surface area contributed by atoms with Gasteiger partial charge in [0, 0.05) is 69.5 Å². The number of piperazine rings is 1. The zero-order valence-corrected chi connectivity index (χ0v) is 17.3. The molecule has 1 atom stereocenters. The van der Waals surface area contributed by atoms with Crippen LogP contribution in [0.15, 0.2) is 6.20 Å². The number of hydrogen-bond donors (Lipinski definition) is 1. The number of ether oxygens (including phenoxy) is 1. The Morgan fingerprint density at radius 3 is 2.69 bits per heavy atom. The molecule has 148 valence electrons. The molecule has 2 fully saturated rings. The van der Waals surface area contributed by atoms with Crippen LogP contribution in [0.3, 0.4) is 0 Å². The fourth-order valence-electron chi connectivity index (χ4n) is 3.83. The van der Waals surface area contributed by atoms with Crippen LogP contribution in [0.1, 0.15) is 32.1 Å². The lowest BCUT2D eigenvalue weighted by Gasteiger charge is -2.43. The summed E-state index contributed by atoms with van der Waals surface area (Å²) in [7, 11) is 0. The molecule has 0 aliphatic carbocycles. The van der Waals surface area contributed by atoms with Crippen molar-refractivity contribution in [2.24, 2.45) is 5.41 Å². The Morgan fingerprint density at radius 2 is 2.00 bits per heavy atom. The molecule has 0 bridgehead atoms. The molecule has 0 radical (unpaired) electrons. The first-order valence-electron chi connectivity index (χ1n) is 9.79. The smallest absolute Gasteiger partial charge is 0.185 e. The molecule has 1 N–H and O–H groups in total. The van der Waals surface area contributed by atoms with Gasteiger partial charge in [0.15, 0.2) is 5.13 Å². The van der Waals surface area contributed by atoms with Crippen molar-refractivity contribution >= 4 is 16.5 Å². The molecule has 2 saturated heterocycles. The van der Waals surface area contributed by atoms with Crippen LogP contribution in [0.4, 0.5) is 5.13 Å². The van der Waals surface area contributed by atoms with Crippen molar-refractivity contribution in [3.63, 3.8) is 0 Å². The molecule has 1 aromatic rings. The van der Waals surface area contributed by atoms with Gasteiger partial charge < -0.3 is 14.7 Å². The summed E-state index contributed by atoms with van der Waals surface area (Å²) in [6, 6.07) is 0.444. The maximum absolute atomic E-state index is 9.49. The van der Waals surface area contributed by atoms with Crippen LogP contribution in [0.5, 0.6) is 0 Å². The second-order valence-corrected chi connectivity index (χ2v) is 9.73. The molecule has 2 aliphatic rings. The first-order chi connectivity index (χ1) is 12.4. The van der Waals surface area contributed by atoms with Crippen LogP contribution in [-0.4, -0.2) is 85.0 Å². The van der Waals surface area contributed by atoms with Crippen molar-refractivity contribution in [3.8, 4) is 0 Å². The van der Waals surface area contributed by atoms with Gasteiger partial charge in [-0.25, -0.2) is 4.98 Å². The number of anilines is 1. The van der Waals surface area contributed by atoms with Gasteiger partial charge in [-0.1, -0.05) is 20.8 Å². The fourth-order valence-corrected chi connectivity index (χ4v) is 4.84. The molecular formula is C19H34N4O2S. The Bertz CT molecular complexity index is 554. The van der Waals surface area contributed by atoms with E-state index >= 15 is 0 Å². The number of aliphatic hydroxyl groups is 1. The second-order valence-electron chi connectivity index (χ2n) is 8.64. The summed E-state index contributed by atoms with van der Waals surface area (Å²) in [5.41, 5.74) is 0.292. The third-order valence-electron chi connectivity index (χ3n) is 5.03. The zero-order valence-electron chi connectivity index (χ0n) is 16.5. The normalized spacial score (nSPS) is 23.5. The van der Waals surface area contributed by atoms with Gasteiger partial charge in [-0.05, 0) is 11.8 Å². The molecule has 2 aliphatic heterocycles. The summed E-state index contributed by atoms with van der Waals surface area (Å²) in [4.78, 5) is 13.4. The van der Waals surface area contributed by atoms with Crippen LogP contribution >= 0.6 is 11.3 Å². The summed E-state index contributed by atoms with van der Waals surface area (Å²) < 4.78 is 5.43. The topological polar surface area (TPSA) is 52.1 Å².